The van der Waals surface area contributed by atoms with Crippen molar-refractivity contribution < 1.29 is 22.7 Å². The molecule has 0 aliphatic carbocycles. The number of amides is 2. The Morgan fingerprint density at radius 2 is 1.73 bits per heavy atom. The second-order valence-corrected chi connectivity index (χ2v) is 11.4. The first-order chi connectivity index (χ1) is 17.5. The van der Waals surface area contributed by atoms with Crippen molar-refractivity contribution in [3.63, 3.8) is 0 Å². The molecule has 0 radical (unpaired) electrons. The topological polar surface area (TPSA) is 96.0 Å². The van der Waals surface area contributed by atoms with Crippen LogP contribution in [-0.2, 0) is 26.2 Å². The van der Waals surface area contributed by atoms with Crippen LogP contribution in [0.3, 0.4) is 0 Å². The van der Waals surface area contributed by atoms with Crippen LogP contribution in [-0.4, -0.2) is 56.6 Å². The van der Waals surface area contributed by atoms with Crippen LogP contribution in [0.15, 0.2) is 48.5 Å². The lowest BCUT2D eigenvalue weighted by Gasteiger charge is -2.31. The zero-order valence-electron chi connectivity index (χ0n) is 22.9. The monoisotopic (exact) mass is 531 g/mol. The molecule has 37 heavy (non-hydrogen) atoms. The van der Waals surface area contributed by atoms with Crippen LogP contribution in [0.2, 0.25) is 0 Å². The molecule has 0 aliphatic rings. The number of aryl methyl sites for hydroxylation is 1. The Kier molecular flexibility index (Phi) is 11.4. The van der Waals surface area contributed by atoms with Crippen LogP contribution >= 0.6 is 0 Å². The summed E-state index contributed by atoms with van der Waals surface area (Å²) in [5.41, 5.74) is 2.53. The summed E-state index contributed by atoms with van der Waals surface area (Å²) >= 11 is 0. The molecule has 0 saturated heterocycles. The van der Waals surface area contributed by atoms with E-state index in [1.807, 2.05) is 58.9 Å². The molecular formula is C28H41N3O5S. The smallest absolute Gasteiger partial charge is 0.243 e. The van der Waals surface area contributed by atoms with E-state index in [1.54, 1.807) is 29.2 Å². The molecule has 2 aromatic carbocycles. The van der Waals surface area contributed by atoms with Gasteiger partial charge in [0.15, 0.2) is 0 Å². The molecular weight excluding hydrogens is 490 g/mol. The minimum Gasteiger partial charge on any atom is -0.494 e. The summed E-state index contributed by atoms with van der Waals surface area (Å²) in [6, 6.07) is 14.0. The average Bonchev–Trinajstić information content (AvgIpc) is 2.81. The van der Waals surface area contributed by atoms with Gasteiger partial charge in [0.05, 0.1) is 18.6 Å². The van der Waals surface area contributed by atoms with E-state index in [2.05, 4.69) is 5.32 Å². The number of hydrogen-bond donors (Lipinski definition) is 1. The highest BCUT2D eigenvalue weighted by Gasteiger charge is 2.29. The predicted molar refractivity (Wildman–Crippen MR) is 148 cm³/mol. The van der Waals surface area contributed by atoms with Gasteiger partial charge >= 0.3 is 0 Å². The molecule has 2 aromatic rings. The van der Waals surface area contributed by atoms with Crippen LogP contribution in [0.25, 0.3) is 0 Å². The summed E-state index contributed by atoms with van der Waals surface area (Å²) in [6.45, 7) is 10.5. The number of sulfonamides is 1. The van der Waals surface area contributed by atoms with Gasteiger partial charge in [-0.25, -0.2) is 8.42 Å². The molecule has 0 spiro atoms. The van der Waals surface area contributed by atoms with Crippen LogP contribution < -0.4 is 14.4 Å². The number of nitrogens with zero attached hydrogens (tertiary/aromatic N) is 2. The van der Waals surface area contributed by atoms with Gasteiger partial charge in [0.1, 0.15) is 11.8 Å². The molecule has 0 aromatic heterocycles. The normalized spacial score (nSPS) is 12.2. The highest BCUT2D eigenvalue weighted by atomic mass is 32.2. The summed E-state index contributed by atoms with van der Waals surface area (Å²) < 4.78 is 31.8. The molecule has 2 amide bonds. The Hall–Kier alpha value is -3.07. The number of hydrogen-bond acceptors (Lipinski definition) is 5. The maximum absolute atomic E-state index is 13.5. The molecule has 0 bridgehead atoms. The largest absolute Gasteiger partial charge is 0.494 e. The molecule has 0 aliphatic heterocycles. The molecule has 0 saturated carbocycles. The van der Waals surface area contributed by atoms with Crippen LogP contribution in [0.1, 0.15) is 58.1 Å². The third kappa shape index (κ3) is 9.39. The van der Waals surface area contributed by atoms with Crippen molar-refractivity contribution in [3.05, 3.63) is 59.7 Å². The van der Waals surface area contributed by atoms with Gasteiger partial charge in [-0.1, -0.05) is 36.8 Å². The van der Waals surface area contributed by atoms with Gasteiger partial charge in [0, 0.05) is 25.6 Å². The Morgan fingerprint density at radius 3 is 2.27 bits per heavy atom. The molecule has 2 rings (SSSR count). The second kappa shape index (κ2) is 14.0. The molecule has 0 unspecified atom stereocenters. The maximum Gasteiger partial charge on any atom is 0.243 e. The van der Waals surface area contributed by atoms with Gasteiger partial charge in [-0.3, -0.25) is 13.9 Å². The predicted octanol–water partition coefficient (Wildman–Crippen LogP) is 4.27. The standard InChI is InChI=1S/C28H41N3O5S/c1-7-26(28(33)29-21(3)4)30(20-23-12-9-11-22(5)19-23)27(32)13-10-18-31(37(6,34)35)24-14-16-25(17-15-24)36-8-2/h9,11-12,14-17,19,21,26H,7-8,10,13,18,20H2,1-6H3,(H,29,33)/t26-/m0/s1. The second-order valence-electron chi connectivity index (χ2n) is 9.46. The zero-order valence-corrected chi connectivity index (χ0v) is 23.7. The Bertz CT molecular complexity index is 1130. The summed E-state index contributed by atoms with van der Waals surface area (Å²) in [7, 11) is -3.56. The molecule has 1 N–H and O–H groups in total. The number of benzene rings is 2. The molecule has 0 fully saturated rings. The lowest BCUT2D eigenvalue weighted by molar-refractivity contribution is -0.141. The number of nitrogens with one attached hydrogen (secondary N) is 1. The first kappa shape index (κ1) is 30.2. The molecule has 0 heterocycles. The van der Waals surface area contributed by atoms with E-state index in [0.717, 1.165) is 17.4 Å². The van der Waals surface area contributed by atoms with Crippen molar-refractivity contribution in [3.8, 4) is 5.75 Å². The lowest BCUT2D eigenvalue weighted by Crippen LogP contribution is -2.50. The third-order valence-electron chi connectivity index (χ3n) is 5.84. The van der Waals surface area contributed by atoms with E-state index in [9.17, 15) is 18.0 Å². The molecule has 1 atom stereocenters. The summed E-state index contributed by atoms with van der Waals surface area (Å²) in [6.07, 6.45) is 2.04. The molecule has 204 valence electrons. The van der Waals surface area contributed by atoms with Crippen LogP contribution in [0.4, 0.5) is 5.69 Å². The SMILES string of the molecule is CCOc1ccc(N(CCCC(=O)N(Cc2cccc(C)c2)[C@@H](CC)C(=O)NC(C)C)S(C)(=O)=O)cc1. The van der Waals surface area contributed by atoms with Crippen LogP contribution in [0.5, 0.6) is 5.75 Å². The van der Waals surface area contributed by atoms with Crippen molar-refractivity contribution in [2.45, 2.75) is 72.5 Å². The Morgan fingerprint density at radius 1 is 1.05 bits per heavy atom. The van der Waals surface area contributed by atoms with Gasteiger partial charge in [-0.05, 0) is 70.4 Å². The van der Waals surface area contributed by atoms with Crippen molar-refractivity contribution in [2.75, 3.05) is 23.7 Å². The average molecular weight is 532 g/mol. The van der Waals surface area contributed by atoms with Gasteiger partial charge in [-0.2, -0.15) is 0 Å². The number of carbonyl (C=O) groups excluding carboxylic acids is 2. The zero-order chi connectivity index (χ0) is 27.6. The fourth-order valence-electron chi connectivity index (χ4n) is 4.19. The maximum atomic E-state index is 13.5. The fraction of sp³-hybridized carbons (Fsp3) is 0.500. The lowest BCUT2D eigenvalue weighted by atomic mass is 10.1. The molecule has 8 nitrogen and oxygen atoms in total. The van der Waals surface area contributed by atoms with E-state index < -0.39 is 16.1 Å². The first-order valence-electron chi connectivity index (χ1n) is 12.8. The van der Waals surface area contributed by atoms with E-state index in [4.69, 9.17) is 4.74 Å². The summed E-state index contributed by atoms with van der Waals surface area (Å²) in [4.78, 5) is 28.0. The number of rotatable bonds is 14. The van der Waals surface area contributed by atoms with Gasteiger partial charge in [-0.15, -0.1) is 0 Å². The summed E-state index contributed by atoms with van der Waals surface area (Å²) in [5.74, 6) is 0.282. The van der Waals surface area contributed by atoms with Crippen molar-refractivity contribution in [1.29, 1.82) is 0 Å². The van der Waals surface area contributed by atoms with Gasteiger partial charge < -0.3 is 15.0 Å². The Labute approximate surface area is 222 Å². The quantitative estimate of drug-likeness (QED) is 0.393. The van der Waals surface area contributed by atoms with E-state index in [0.29, 0.717) is 37.4 Å². The van der Waals surface area contributed by atoms with Crippen molar-refractivity contribution in [2.24, 2.45) is 0 Å². The Balaban J connectivity index is 2.20. The minimum absolute atomic E-state index is 0.0464. The summed E-state index contributed by atoms with van der Waals surface area (Å²) in [5, 5.41) is 2.92. The van der Waals surface area contributed by atoms with Crippen LogP contribution in [0, 0.1) is 6.92 Å². The fourth-order valence-corrected chi connectivity index (χ4v) is 5.15. The van der Waals surface area contributed by atoms with Crippen molar-refractivity contribution in [1.82, 2.24) is 10.2 Å². The van der Waals surface area contributed by atoms with E-state index >= 15 is 0 Å². The third-order valence-corrected chi connectivity index (χ3v) is 7.03. The van der Waals surface area contributed by atoms with Crippen molar-refractivity contribution >= 4 is 27.5 Å². The molecule has 9 heteroatoms. The number of anilines is 1. The highest BCUT2D eigenvalue weighted by Crippen LogP contribution is 2.23. The minimum atomic E-state index is -3.56. The van der Waals surface area contributed by atoms with Gasteiger partial charge in [0.25, 0.3) is 0 Å². The van der Waals surface area contributed by atoms with E-state index in [-0.39, 0.29) is 30.8 Å². The first-order valence-corrected chi connectivity index (χ1v) is 14.7. The van der Waals surface area contributed by atoms with E-state index in [1.165, 1.54) is 4.31 Å². The van der Waals surface area contributed by atoms with Gasteiger partial charge in [0.2, 0.25) is 21.8 Å². The highest BCUT2D eigenvalue weighted by molar-refractivity contribution is 7.92. The number of ether oxygens (including phenoxy) is 1. The number of carbonyl (C=O) groups is 2.